The number of hydrogen-bond acceptors (Lipinski definition) is 9. The van der Waals surface area contributed by atoms with Gasteiger partial charge in [0.1, 0.15) is 0 Å². The summed E-state index contributed by atoms with van der Waals surface area (Å²) in [6, 6.07) is 5.55. The molecule has 3 aromatic rings. The number of piperidine rings is 1. The van der Waals surface area contributed by atoms with Gasteiger partial charge in [0.05, 0.1) is 31.9 Å². The van der Waals surface area contributed by atoms with Crippen molar-refractivity contribution in [2.45, 2.75) is 45.8 Å². The fourth-order valence-corrected chi connectivity index (χ4v) is 4.73. The smallest absolute Gasteiger partial charge is 0.294 e. The average Bonchev–Trinajstić information content (AvgIpc) is 2.96. The van der Waals surface area contributed by atoms with Crippen LogP contribution < -0.4 is 15.2 Å². The third-order valence-corrected chi connectivity index (χ3v) is 6.74. The van der Waals surface area contributed by atoms with E-state index in [9.17, 15) is 9.59 Å². The number of likely N-dealkylation sites (tertiary alicyclic amines) is 1. The number of fused-ring (bicyclic) bond motifs is 1. The Morgan fingerprint density at radius 3 is 2.69 bits per heavy atom. The van der Waals surface area contributed by atoms with Crippen LogP contribution in [-0.4, -0.2) is 90.0 Å². The zero-order chi connectivity index (χ0) is 27.8. The molecule has 11 heteroatoms. The van der Waals surface area contributed by atoms with Crippen LogP contribution in [0.4, 0.5) is 5.82 Å². The number of likely N-dealkylation sites (N-methyl/N-ethyl adjacent to an activating group) is 1. The van der Waals surface area contributed by atoms with Gasteiger partial charge in [-0.05, 0) is 38.3 Å². The fraction of sp³-hybridized carbons (Fsp3) is 0.536. The van der Waals surface area contributed by atoms with E-state index in [1.165, 1.54) is 0 Å². The number of carbonyl (C=O) groups excluding carboxylic acids is 1. The molecule has 0 bridgehead atoms. The average molecular weight is 539 g/mol. The molecule has 1 aliphatic rings. The molecule has 3 aromatic heterocycles. The van der Waals surface area contributed by atoms with Crippen LogP contribution in [0.5, 0.6) is 5.88 Å². The third-order valence-electron chi connectivity index (χ3n) is 6.74. The summed E-state index contributed by atoms with van der Waals surface area (Å²) in [6.07, 6.45) is 6.19. The Kier molecular flexibility index (Phi) is 9.83. The van der Waals surface area contributed by atoms with E-state index in [0.29, 0.717) is 56.5 Å². The van der Waals surface area contributed by atoms with Gasteiger partial charge in [-0.3, -0.25) is 14.2 Å². The molecule has 4 rings (SSSR count). The summed E-state index contributed by atoms with van der Waals surface area (Å²) in [5.41, 5.74) is 2.35. The monoisotopic (exact) mass is 538 g/mol. The van der Waals surface area contributed by atoms with E-state index in [4.69, 9.17) is 14.2 Å². The summed E-state index contributed by atoms with van der Waals surface area (Å²) in [7, 11) is 3.28. The van der Waals surface area contributed by atoms with Gasteiger partial charge in [-0.2, -0.15) is 0 Å². The van der Waals surface area contributed by atoms with E-state index in [1.807, 2.05) is 30.9 Å². The van der Waals surface area contributed by atoms with Gasteiger partial charge in [-0.15, -0.1) is 0 Å². The minimum absolute atomic E-state index is 0.0362. The van der Waals surface area contributed by atoms with Crippen LogP contribution in [-0.2, 0) is 20.8 Å². The SMILES string of the molecule is CCCOCCn1c(=O)c(N(C)CC(=O)N2CCCC(OCC)C2)nc2ncc(-c3ccc(OC)nc3)cc21. The molecule has 39 heavy (non-hydrogen) atoms. The van der Waals surface area contributed by atoms with Gasteiger partial charge in [0, 0.05) is 69.5 Å². The molecule has 1 saturated heterocycles. The topological polar surface area (TPSA) is 112 Å². The van der Waals surface area contributed by atoms with Gasteiger partial charge < -0.3 is 24.0 Å². The maximum Gasteiger partial charge on any atom is 0.294 e. The second kappa shape index (κ2) is 13.5. The molecule has 1 atom stereocenters. The van der Waals surface area contributed by atoms with E-state index < -0.39 is 0 Å². The van der Waals surface area contributed by atoms with Crippen molar-refractivity contribution >= 4 is 22.9 Å². The zero-order valence-electron chi connectivity index (χ0n) is 23.3. The van der Waals surface area contributed by atoms with Gasteiger partial charge in [0.2, 0.25) is 11.8 Å². The lowest BCUT2D eigenvalue weighted by Crippen LogP contribution is -2.47. The maximum atomic E-state index is 13.7. The molecule has 0 radical (unpaired) electrons. The molecule has 1 amide bonds. The van der Waals surface area contributed by atoms with Crippen LogP contribution in [0.1, 0.15) is 33.1 Å². The van der Waals surface area contributed by atoms with Crippen molar-refractivity contribution in [3.63, 3.8) is 0 Å². The predicted octanol–water partition coefficient (Wildman–Crippen LogP) is 2.75. The first-order valence-electron chi connectivity index (χ1n) is 13.5. The van der Waals surface area contributed by atoms with Crippen LogP contribution in [0.15, 0.2) is 35.4 Å². The number of anilines is 1. The first-order chi connectivity index (χ1) is 18.9. The Labute approximate surface area is 228 Å². The Hall–Kier alpha value is -3.57. The molecule has 1 unspecified atom stereocenters. The standard InChI is InChI=1S/C28H38N6O5/c1-5-13-38-14-12-34-23-15-21(20-9-10-24(37-4)29-16-20)17-30-26(23)31-27(28(34)36)32(3)19-25(35)33-11-7-8-22(18-33)39-6-2/h9-10,15-17,22H,5-8,11-14,18-19H2,1-4H3. The van der Waals surface area contributed by atoms with Crippen molar-refractivity contribution in [1.82, 2.24) is 24.4 Å². The summed E-state index contributed by atoms with van der Waals surface area (Å²) in [6.45, 7) is 7.22. The quantitative estimate of drug-likeness (QED) is 0.321. The van der Waals surface area contributed by atoms with Crippen LogP contribution in [0.3, 0.4) is 0 Å². The minimum Gasteiger partial charge on any atom is -0.481 e. The maximum absolute atomic E-state index is 13.7. The van der Waals surface area contributed by atoms with Crippen molar-refractivity contribution in [3.05, 3.63) is 40.9 Å². The van der Waals surface area contributed by atoms with Gasteiger partial charge >= 0.3 is 0 Å². The molecule has 210 valence electrons. The van der Waals surface area contributed by atoms with Gasteiger partial charge in [-0.25, -0.2) is 15.0 Å². The van der Waals surface area contributed by atoms with Gasteiger partial charge in [-0.1, -0.05) is 6.92 Å². The van der Waals surface area contributed by atoms with E-state index in [0.717, 1.165) is 30.4 Å². The molecule has 0 aliphatic carbocycles. The number of nitrogens with zero attached hydrogens (tertiary/aromatic N) is 6. The Bertz CT molecular complexity index is 1310. The number of rotatable bonds is 12. The minimum atomic E-state index is -0.296. The Morgan fingerprint density at radius 2 is 1.97 bits per heavy atom. The second-order valence-corrected chi connectivity index (χ2v) is 9.58. The molecule has 0 saturated carbocycles. The van der Waals surface area contributed by atoms with Crippen molar-refractivity contribution in [2.24, 2.45) is 0 Å². The van der Waals surface area contributed by atoms with E-state index in [2.05, 4.69) is 15.0 Å². The van der Waals surface area contributed by atoms with Crippen LogP contribution in [0.25, 0.3) is 22.3 Å². The highest BCUT2D eigenvalue weighted by molar-refractivity contribution is 5.82. The lowest BCUT2D eigenvalue weighted by Gasteiger charge is -2.33. The number of pyridine rings is 2. The predicted molar refractivity (Wildman–Crippen MR) is 149 cm³/mol. The van der Waals surface area contributed by atoms with Crippen LogP contribution in [0, 0.1) is 0 Å². The van der Waals surface area contributed by atoms with Crippen molar-refractivity contribution in [1.29, 1.82) is 0 Å². The summed E-state index contributed by atoms with van der Waals surface area (Å²) < 4.78 is 18.2. The number of methoxy groups -OCH3 is 1. The molecule has 0 spiro atoms. The molecular weight excluding hydrogens is 500 g/mol. The van der Waals surface area contributed by atoms with Crippen molar-refractivity contribution in [2.75, 3.05) is 58.5 Å². The number of amides is 1. The van der Waals surface area contributed by atoms with Gasteiger partial charge in [0.15, 0.2) is 11.5 Å². The fourth-order valence-electron chi connectivity index (χ4n) is 4.73. The molecule has 0 N–H and O–H groups in total. The number of hydrogen-bond donors (Lipinski definition) is 0. The highest BCUT2D eigenvalue weighted by Gasteiger charge is 2.26. The molecule has 11 nitrogen and oxygen atoms in total. The molecule has 1 aliphatic heterocycles. The largest absolute Gasteiger partial charge is 0.481 e. The van der Waals surface area contributed by atoms with Crippen LogP contribution >= 0.6 is 0 Å². The van der Waals surface area contributed by atoms with Crippen LogP contribution in [0.2, 0.25) is 0 Å². The first kappa shape index (κ1) is 28.4. The van der Waals surface area contributed by atoms with Crippen molar-refractivity contribution in [3.8, 4) is 17.0 Å². The summed E-state index contributed by atoms with van der Waals surface area (Å²) in [5.74, 6) is 0.631. The third kappa shape index (κ3) is 6.90. The second-order valence-electron chi connectivity index (χ2n) is 9.58. The van der Waals surface area contributed by atoms with E-state index in [-0.39, 0.29) is 29.9 Å². The lowest BCUT2D eigenvalue weighted by molar-refractivity contribution is -0.133. The summed E-state index contributed by atoms with van der Waals surface area (Å²) in [5, 5.41) is 0. The number of carbonyl (C=O) groups is 1. The molecule has 1 fully saturated rings. The highest BCUT2D eigenvalue weighted by Crippen LogP contribution is 2.23. The Morgan fingerprint density at radius 1 is 1.15 bits per heavy atom. The van der Waals surface area contributed by atoms with E-state index in [1.54, 1.807) is 42.1 Å². The first-order valence-corrected chi connectivity index (χ1v) is 13.5. The number of ether oxygens (including phenoxy) is 3. The highest BCUT2D eigenvalue weighted by atomic mass is 16.5. The lowest BCUT2D eigenvalue weighted by atomic mass is 10.1. The zero-order valence-corrected chi connectivity index (χ0v) is 23.3. The molecule has 4 heterocycles. The van der Waals surface area contributed by atoms with Gasteiger partial charge in [0.25, 0.3) is 5.56 Å². The molecule has 0 aromatic carbocycles. The van der Waals surface area contributed by atoms with Crippen molar-refractivity contribution < 1.29 is 19.0 Å². The summed E-state index contributed by atoms with van der Waals surface area (Å²) >= 11 is 0. The van der Waals surface area contributed by atoms with E-state index >= 15 is 0 Å². The Balaban J connectivity index is 1.63. The number of aromatic nitrogens is 4. The molecular formula is C28H38N6O5. The summed E-state index contributed by atoms with van der Waals surface area (Å²) in [4.78, 5) is 43.7. The normalized spacial score (nSPS) is 15.5.